The zero-order chi connectivity index (χ0) is 28.7. The van der Waals surface area contributed by atoms with Crippen LogP contribution in [-0.2, 0) is 26.2 Å². The van der Waals surface area contributed by atoms with E-state index in [1.807, 2.05) is 52.0 Å². The summed E-state index contributed by atoms with van der Waals surface area (Å²) in [5.74, 6) is 0.239. The van der Waals surface area contributed by atoms with Crippen molar-refractivity contribution in [3.63, 3.8) is 0 Å². The van der Waals surface area contributed by atoms with Crippen molar-refractivity contribution >= 4 is 39.1 Å². The first kappa shape index (κ1) is 31.4. The number of anilines is 1. The van der Waals surface area contributed by atoms with Crippen LogP contribution in [0, 0.1) is 6.92 Å². The van der Waals surface area contributed by atoms with Gasteiger partial charge in [-0.15, -0.1) is 0 Å². The molecule has 2 amide bonds. The lowest BCUT2D eigenvalue weighted by atomic mass is 10.0. The maximum absolute atomic E-state index is 13.6. The standard InChI is InChI=1S/C28H40ClN3O5S/c1-8-24(27(34)30-28(3,4)5)31(19-21-14-16-22(37-6)17-15-21)26(33)13-10-18-32(38(7,35)36)25-12-9-11-23(29)20(25)2/h9,11-12,14-17,24H,8,10,13,18-19H2,1-7H3,(H,30,34)/t24-/m1/s1. The van der Waals surface area contributed by atoms with Gasteiger partial charge in [0.05, 0.1) is 19.1 Å². The number of hydrogen-bond donors (Lipinski definition) is 1. The number of carbonyl (C=O) groups excluding carboxylic acids is 2. The molecule has 0 fully saturated rings. The molecular weight excluding hydrogens is 526 g/mol. The topological polar surface area (TPSA) is 96.0 Å². The number of halogens is 1. The Morgan fingerprint density at radius 2 is 1.74 bits per heavy atom. The molecule has 2 rings (SSSR count). The van der Waals surface area contributed by atoms with Gasteiger partial charge in [0.15, 0.2) is 0 Å². The van der Waals surface area contributed by atoms with Gasteiger partial charge in [0.25, 0.3) is 0 Å². The minimum absolute atomic E-state index is 0.0705. The lowest BCUT2D eigenvalue weighted by Gasteiger charge is -2.33. The second-order valence-electron chi connectivity index (χ2n) is 10.4. The van der Waals surface area contributed by atoms with E-state index in [0.717, 1.165) is 11.8 Å². The molecule has 1 atom stereocenters. The van der Waals surface area contributed by atoms with Crippen molar-refractivity contribution in [2.45, 2.75) is 72.0 Å². The maximum Gasteiger partial charge on any atom is 0.243 e. The number of amides is 2. The number of rotatable bonds is 12. The van der Waals surface area contributed by atoms with Gasteiger partial charge < -0.3 is 15.0 Å². The van der Waals surface area contributed by atoms with Crippen LogP contribution in [0.3, 0.4) is 0 Å². The average molecular weight is 566 g/mol. The van der Waals surface area contributed by atoms with Gasteiger partial charge in [0.2, 0.25) is 21.8 Å². The first-order valence-electron chi connectivity index (χ1n) is 12.6. The molecular formula is C28H40ClN3O5S. The first-order valence-corrected chi connectivity index (χ1v) is 14.9. The van der Waals surface area contributed by atoms with E-state index in [0.29, 0.717) is 28.4 Å². The Bertz CT molecular complexity index is 1210. The second-order valence-corrected chi connectivity index (χ2v) is 12.7. The molecule has 0 heterocycles. The minimum atomic E-state index is -3.61. The Labute approximate surface area is 232 Å². The van der Waals surface area contributed by atoms with Gasteiger partial charge >= 0.3 is 0 Å². The van der Waals surface area contributed by atoms with Gasteiger partial charge in [-0.05, 0) is 75.9 Å². The molecule has 210 valence electrons. The van der Waals surface area contributed by atoms with Crippen LogP contribution in [0.1, 0.15) is 58.1 Å². The monoisotopic (exact) mass is 565 g/mol. The minimum Gasteiger partial charge on any atom is -0.497 e. The van der Waals surface area contributed by atoms with Gasteiger partial charge in [0, 0.05) is 30.1 Å². The van der Waals surface area contributed by atoms with Crippen LogP contribution in [-0.4, -0.2) is 56.6 Å². The Hall–Kier alpha value is -2.78. The number of methoxy groups -OCH3 is 1. The Morgan fingerprint density at radius 3 is 2.26 bits per heavy atom. The molecule has 10 heteroatoms. The molecule has 0 aliphatic heterocycles. The summed E-state index contributed by atoms with van der Waals surface area (Å²) in [4.78, 5) is 28.3. The number of hydrogen-bond acceptors (Lipinski definition) is 5. The Kier molecular flexibility index (Phi) is 11.0. The smallest absolute Gasteiger partial charge is 0.243 e. The molecule has 8 nitrogen and oxygen atoms in total. The quantitative estimate of drug-likeness (QED) is 0.394. The third-order valence-corrected chi connectivity index (χ3v) is 7.65. The molecule has 2 aromatic carbocycles. The van der Waals surface area contributed by atoms with E-state index >= 15 is 0 Å². The fourth-order valence-electron chi connectivity index (χ4n) is 4.15. The molecule has 0 saturated carbocycles. The van der Waals surface area contributed by atoms with Crippen LogP contribution in [0.2, 0.25) is 5.02 Å². The van der Waals surface area contributed by atoms with Crippen molar-refractivity contribution < 1.29 is 22.7 Å². The van der Waals surface area contributed by atoms with E-state index in [9.17, 15) is 18.0 Å². The third kappa shape index (κ3) is 8.91. The summed E-state index contributed by atoms with van der Waals surface area (Å²) in [6.07, 6.45) is 1.91. The summed E-state index contributed by atoms with van der Waals surface area (Å²) in [7, 11) is -2.03. The SMILES string of the molecule is CC[C@H](C(=O)NC(C)(C)C)N(Cc1ccc(OC)cc1)C(=O)CCCN(c1cccc(Cl)c1C)S(C)(=O)=O. The zero-order valence-corrected chi connectivity index (χ0v) is 24.9. The van der Waals surface area contributed by atoms with Crippen molar-refractivity contribution in [1.82, 2.24) is 10.2 Å². The third-order valence-electron chi connectivity index (χ3n) is 6.06. The zero-order valence-electron chi connectivity index (χ0n) is 23.4. The van der Waals surface area contributed by atoms with Gasteiger partial charge in [-0.25, -0.2) is 8.42 Å². The molecule has 2 aromatic rings. The molecule has 38 heavy (non-hydrogen) atoms. The molecule has 0 saturated heterocycles. The Balaban J connectivity index is 2.28. The first-order chi connectivity index (χ1) is 17.7. The van der Waals surface area contributed by atoms with E-state index in [4.69, 9.17) is 16.3 Å². The number of benzene rings is 2. The number of nitrogens with zero attached hydrogens (tertiary/aromatic N) is 2. The lowest BCUT2D eigenvalue weighted by Crippen LogP contribution is -2.53. The summed E-state index contributed by atoms with van der Waals surface area (Å²) in [5, 5.41) is 3.45. The van der Waals surface area contributed by atoms with Crippen molar-refractivity contribution in [2.24, 2.45) is 0 Å². The highest BCUT2D eigenvalue weighted by Gasteiger charge is 2.31. The molecule has 0 spiro atoms. The molecule has 0 aromatic heterocycles. The number of nitrogens with one attached hydrogen (secondary N) is 1. The largest absolute Gasteiger partial charge is 0.497 e. The summed E-state index contributed by atoms with van der Waals surface area (Å²) in [5.41, 5.74) is 1.54. The van der Waals surface area contributed by atoms with E-state index < -0.39 is 21.6 Å². The van der Waals surface area contributed by atoms with E-state index in [-0.39, 0.29) is 37.7 Å². The summed E-state index contributed by atoms with van der Waals surface area (Å²) < 4.78 is 31.7. The van der Waals surface area contributed by atoms with Crippen LogP contribution in [0.4, 0.5) is 5.69 Å². The maximum atomic E-state index is 13.6. The highest BCUT2D eigenvalue weighted by molar-refractivity contribution is 7.92. The molecule has 0 aliphatic rings. The van der Waals surface area contributed by atoms with Crippen molar-refractivity contribution in [3.8, 4) is 5.75 Å². The van der Waals surface area contributed by atoms with E-state index in [1.165, 1.54) is 4.31 Å². The lowest BCUT2D eigenvalue weighted by molar-refractivity contribution is -0.142. The van der Waals surface area contributed by atoms with Crippen LogP contribution in [0.5, 0.6) is 5.75 Å². The number of sulfonamides is 1. The van der Waals surface area contributed by atoms with Crippen molar-refractivity contribution in [3.05, 3.63) is 58.6 Å². The molecule has 0 unspecified atom stereocenters. The summed E-state index contributed by atoms with van der Waals surface area (Å²) in [6.45, 7) is 9.65. The van der Waals surface area contributed by atoms with E-state index in [1.54, 1.807) is 37.1 Å². The van der Waals surface area contributed by atoms with Crippen LogP contribution in [0.25, 0.3) is 0 Å². The predicted octanol–water partition coefficient (Wildman–Crippen LogP) is 4.93. The Morgan fingerprint density at radius 1 is 1.11 bits per heavy atom. The van der Waals surface area contributed by atoms with Crippen molar-refractivity contribution in [1.29, 1.82) is 0 Å². The van der Waals surface area contributed by atoms with Crippen LogP contribution in [0.15, 0.2) is 42.5 Å². The number of carbonyl (C=O) groups is 2. The highest BCUT2D eigenvalue weighted by Crippen LogP contribution is 2.28. The molecule has 0 aliphatic carbocycles. The van der Waals surface area contributed by atoms with Gasteiger partial charge in [-0.2, -0.15) is 0 Å². The second kappa shape index (κ2) is 13.3. The van der Waals surface area contributed by atoms with Gasteiger partial charge in [0.1, 0.15) is 11.8 Å². The fourth-order valence-corrected chi connectivity index (χ4v) is 5.33. The fraction of sp³-hybridized carbons (Fsp3) is 0.500. The number of ether oxygens (including phenoxy) is 1. The van der Waals surface area contributed by atoms with Crippen molar-refractivity contribution in [2.75, 3.05) is 24.2 Å². The molecule has 0 radical (unpaired) electrons. The van der Waals surface area contributed by atoms with E-state index in [2.05, 4.69) is 5.32 Å². The molecule has 0 bridgehead atoms. The van der Waals surface area contributed by atoms with Gasteiger partial charge in [-0.3, -0.25) is 13.9 Å². The van der Waals surface area contributed by atoms with Crippen LogP contribution < -0.4 is 14.4 Å². The summed E-state index contributed by atoms with van der Waals surface area (Å²) in [6, 6.07) is 11.8. The average Bonchev–Trinajstić information content (AvgIpc) is 2.82. The predicted molar refractivity (Wildman–Crippen MR) is 153 cm³/mol. The highest BCUT2D eigenvalue weighted by atomic mass is 35.5. The normalized spacial score (nSPS) is 12.5. The molecule has 1 N–H and O–H groups in total. The summed E-state index contributed by atoms with van der Waals surface area (Å²) >= 11 is 6.23. The van der Waals surface area contributed by atoms with Crippen LogP contribution >= 0.6 is 11.6 Å². The van der Waals surface area contributed by atoms with Gasteiger partial charge in [-0.1, -0.05) is 36.7 Å².